The first kappa shape index (κ1) is 15.3. The summed E-state index contributed by atoms with van der Waals surface area (Å²) in [5, 5.41) is 0. The van der Waals surface area contributed by atoms with Crippen LogP contribution in [0.15, 0.2) is 60.8 Å². The van der Waals surface area contributed by atoms with E-state index in [4.69, 9.17) is 9.47 Å². The smallest absolute Gasteiger partial charge is 0.325 e. The summed E-state index contributed by atoms with van der Waals surface area (Å²) < 4.78 is 11.4. The van der Waals surface area contributed by atoms with E-state index in [1.807, 2.05) is 36.4 Å². The van der Waals surface area contributed by atoms with Gasteiger partial charge in [-0.2, -0.15) is 4.98 Å². The third-order valence-electron chi connectivity index (χ3n) is 4.05. The van der Waals surface area contributed by atoms with Crippen molar-refractivity contribution in [3.05, 3.63) is 77.5 Å². The molecule has 0 atom stereocenters. The van der Waals surface area contributed by atoms with E-state index < -0.39 is 0 Å². The minimum Gasteiger partial charge on any atom is -0.473 e. The van der Waals surface area contributed by atoms with Crippen LogP contribution in [0.3, 0.4) is 0 Å². The zero-order valence-electron chi connectivity index (χ0n) is 13.5. The molecule has 25 heavy (non-hydrogen) atoms. The number of ketones is 1. The molecule has 0 N–H and O–H groups in total. The molecule has 0 unspecified atom stereocenters. The van der Waals surface area contributed by atoms with Crippen molar-refractivity contribution in [2.24, 2.45) is 0 Å². The van der Waals surface area contributed by atoms with Crippen LogP contribution >= 0.6 is 0 Å². The average Bonchev–Trinajstić information content (AvgIpc) is 3.02. The van der Waals surface area contributed by atoms with Crippen molar-refractivity contribution in [2.45, 2.75) is 19.4 Å². The highest BCUT2D eigenvalue weighted by Crippen LogP contribution is 2.28. The number of aryl methyl sites for hydroxylation is 1. The van der Waals surface area contributed by atoms with Gasteiger partial charge >= 0.3 is 6.01 Å². The van der Waals surface area contributed by atoms with Crippen molar-refractivity contribution >= 4 is 5.78 Å². The fourth-order valence-electron chi connectivity index (χ4n) is 2.79. The molecule has 4 rings (SSSR count). The second-order valence-corrected chi connectivity index (χ2v) is 5.80. The average molecular weight is 332 g/mol. The molecule has 5 heteroatoms. The second-order valence-electron chi connectivity index (χ2n) is 5.80. The Labute approximate surface area is 145 Å². The Balaban J connectivity index is 1.46. The van der Waals surface area contributed by atoms with Crippen LogP contribution in [0.5, 0.6) is 17.6 Å². The van der Waals surface area contributed by atoms with Gasteiger partial charge in [0.25, 0.3) is 0 Å². The van der Waals surface area contributed by atoms with Gasteiger partial charge in [0, 0.05) is 24.2 Å². The van der Waals surface area contributed by atoms with Crippen molar-refractivity contribution < 1.29 is 14.3 Å². The maximum atomic E-state index is 11.7. The first-order valence-corrected chi connectivity index (χ1v) is 8.12. The van der Waals surface area contributed by atoms with Crippen LogP contribution in [0.25, 0.3) is 0 Å². The maximum absolute atomic E-state index is 11.7. The van der Waals surface area contributed by atoms with Gasteiger partial charge in [0.15, 0.2) is 5.78 Å². The van der Waals surface area contributed by atoms with Gasteiger partial charge in [0.05, 0.1) is 0 Å². The SMILES string of the molecule is O=C1CCc2cc(Oc3nccc(OCc4ccccc4)n3)ccc21. The highest BCUT2D eigenvalue weighted by molar-refractivity contribution is 6.00. The van der Waals surface area contributed by atoms with Crippen molar-refractivity contribution in [3.63, 3.8) is 0 Å². The van der Waals surface area contributed by atoms with Crippen molar-refractivity contribution in [3.8, 4) is 17.6 Å². The minimum atomic E-state index is 0.189. The standard InChI is InChI=1S/C20H16N2O3/c23-18-9-6-15-12-16(7-8-17(15)18)25-20-21-11-10-19(22-20)24-13-14-4-2-1-3-5-14/h1-5,7-8,10-12H,6,9,13H2. The molecule has 3 aromatic rings. The fourth-order valence-corrected chi connectivity index (χ4v) is 2.79. The first-order valence-electron chi connectivity index (χ1n) is 8.12. The number of hydrogen-bond donors (Lipinski definition) is 0. The predicted molar refractivity (Wildman–Crippen MR) is 92.0 cm³/mol. The summed E-state index contributed by atoms with van der Waals surface area (Å²) >= 11 is 0. The number of aromatic nitrogens is 2. The Hall–Kier alpha value is -3.21. The van der Waals surface area contributed by atoms with Gasteiger partial charge in [-0.1, -0.05) is 30.3 Å². The molecule has 1 aliphatic carbocycles. The highest BCUT2D eigenvalue weighted by Gasteiger charge is 2.19. The normalized spacial score (nSPS) is 12.7. The number of hydrogen-bond acceptors (Lipinski definition) is 5. The Morgan fingerprint density at radius 2 is 1.88 bits per heavy atom. The molecule has 0 spiro atoms. The van der Waals surface area contributed by atoms with Gasteiger partial charge in [-0.05, 0) is 35.7 Å². The summed E-state index contributed by atoms with van der Waals surface area (Å²) in [5.74, 6) is 1.26. The lowest BCUT2D eigenvalue weighted by atomic mass is 10.1. The Morgan fingerprint density at radius 3 is 2.76 bits per heavy atom. The van der Waals surface area contributed by atoms with E-state index in [1.54, 1.807) is 24.4 Å². The number of Topliss-reactive ketones (excluding diaryl/α,β-unsaturated/α-hetero) is 1. The number of rotatable bonds is 5. The zero-order chi connectivity index (χ0) is 17.1. The van der Waals surface area contributed by atoms with Crippen LogP contribution in [0, 0.1) is 0 Å². The molecule has 1 aliphatic rings. The summed E-state index contributed by atoms with van der Waals surface area (Å²) in [7, 11) is 0. The van der Waals surface area contributed by atoms with Crippen molar-refractivity contribution in [1.82, 2.24) is 9.97 Å². The van der Waals surface area contributed by atoms with Crippen LogP contribution in [0.2, 0.25) is 0 Å². The molecule has 5 nitrogen and oxygen atoms in total. The molecule has 0 bridgehead atoms. The van der Waals surface area contributed by atoms with E-state index in [9.17, 15) is 4.79 Å². The summed E-state index contributed by atoms with van der Waals surface area (Å²) in [6.45, 7) is 0.429. The topological polar surface area (TPSA) is 61.3 Å². The van der Waals surface area contributed by atoms with Gasteiger partial charge in [-0.3, -0.25) is 4.79 Å². The van der Waals surface area contributed by atoms with Gasteiger partial charge in [0.2, 0.25) is 5.88 Å². The monoisotopic (exact) mass is 332 g/mol. The minimum absolute atomic E-state index is 0.189. The molecule has 124 valence electrons. The molecular weight excluding hydrogens is 316 g/mol. The van der Waals surface area contributed by atoms with Crippen molar-refractivity contribution in [1.29, 1.82) is 0 Å². The molecule has 0 amide bonds. The second kappa shape index (κ2) is 6.73. The van der Waals surface area contributed by atoms with E-state index in [2.05, 4.69) is 9.97 Å². The number of benzene rings is 2. The van der Waals surface area contributed by atoms with Gasteiger partial charge in [0.1, 0.15) is 12.4 Å². The molecule has 0 saturated heterocycles. The molecule has 0 fully saturated rings. The van der Waals surface area contributed by atoms with Gasteiger partial charge in [-0.25, -0.2) is 4.98 Å². The summed E-state index contributed by atoms with van der Waals surface area (Å²) in [6.07, 6.45) is 2.92. The quantitative estimate of drug-likeness (QED) is 0.707. The van der Waals surface area contributed by atoms with E-state index in [0.29, 0.717) is 24.7 Å². The summed E-state index contributed by atoms with van der Waals surface area (Å²) in [6, 6.07) is 17.2. The van der Waals surface area contributed by atoms with Crippen LogP contribution < -0.4 is 9.47 Å². The van der Waals surface area contributed by atoms with E-state index in [1.165, 1.54) is 0 Å². The fraction of sp³-hybridized carbons (Fsp3) is 0.150. The van der Waals surface area contributed by atoms with Crippen LogP contribution in [-0.2, 0) is 13.0 Å². The zero-order valence-corrected chi connectivity index (χ0v) is 13.5. The third-order valence-corrected chi connectivity index (χ3v) is 4.05. The van der Waals surface area contributed by atoms with Gasteiger partial charge < -0.3 is 9.47 Å². The molecule has 2 aromatic carbocycles. The molecule has 0 radical (unpaired) electrons. The summed E-state index contributed by atoms with van der Waals surface area (Å²) in [5.41, 5.74) is 2.86. The Morgan fingerprint density at radius 1 is 1.00 bits per heavy atom. The van der Waals surface area contributed by atoms with Crippen LogP contribution in [-0.4, -0.2) is 15.8 Å². The molecule has 1 heterocycles. The number of carbonyl (C=O) groups is 1. The number of carbonyl (C=O) groups excluding carboxylic acids is 1. The van der Waals surface area contributed by atoms with E-state index in [-0.39, 0.29) is 11.8 Å². The maximum Gasteiger partial charge on any atom is 0.325 e. The van der Waals surface area contributed by atoms with Gasteiger partial charge in [-0.15, -0.1) is 0 Å². The van der Waals surface area contributed by atoms with Crippen LogP contribution in [0.4, 0.5) is 0 Å². The molecule has 0 aliphatic heterocycles. The Bertz CT molecular complexity index is 910. The predicted octanol–water partition coefficient (Wildman–Crippen LogP) is 3.98. The van der Waals surface area contributed by atoms with Crippen LogP contribution in [0.1, 0.15) is 27.9 Å². The number of ether oxygens (including phenoxy) is 2. The molecular formula is C20H16N2O3. The third kappa shape index (κ3) is 3.50. The van der Waals surface area contributed by atoms with E-state index >= 15 is 0 Å². The number of fused-ring (bicyclic) bond motifs is 1. The first-order chi connectivity index (χ1) is 12.3. The number of nitrogens with zero attached hydrogens (tertiary/aromatic N) is 2. The molecule has 1 aromatic heterocycles. The largest absolute Gasteiger partial charge is 0.473 e. The highest BCUT2D eigenvalue weighted by atomic mass is 16.5. The van der Waals surface area contributed by atoms with Crippen molar-refractivity contribution in [2.75, 3.05) is 0 Å². The van der Waals surface area contributed by atoms with E-state index in [0.717, 1.165) is 23.1 Å². The lowest BCUT2D eigenvalue weighted by Gasteiger charge is -2.08. The molecule has 0 saturated carbocycles. The lowest BCUT2D eigenvalue weighted by molar-refractivity contribution is 0.0994. The summed E-state index contributed by atoms with van der Waals surface area (Å²) in [4.78, 5) is 20.1. The lowest BCUT2D eigenvalue weighted by Crippen LogP contribution is -1.99. The Kier molecular flexibility index (Phi) is 4.12.